The van der Waals surface area contributed by atoms with E-state index in [1.165, 1.54) is 11.1 Å². The third-order valence-electron chi connectivity index (χ3n) is 5.13. The zero-order valence-corrected chi connectivity index (χ0v) is 18.3. The van der Waals surface area contributed by atoms with E-state index in [0.29, 0.717) is 10.8 Å². The normalized spacial score (nSPS) is 13.3. The van der Waals surface area contributed by atoms with E-state index in [2.05, 4.69) is 22.4 Å². The molecule has 0 aliphatic heterocycles. The predicted molar refractivity (Wildman–Crippen MR) is 121 cm³/mol. The van der Waals surface area contributed by atoms with Gasteiger partial charge in [-0.1, -0.05) is 54.1 Å². The van der Waals surface area contributed by atoms with Gasteiger partial charge in [-0.25, -0.2) is 0 Å². The number of halogens is 1. The van der Waals surface area contributed by atoms with E-state index in [4.69, 9.17) is 16.3 Å². The van der Waals surface area contributed by atoms with Crippen molar-refractivity contribution in [3.8, 4) is 5.75 Å². The molecule has 0 radical (unpaired) electrons. The number of amides is 1. The number of nitrogens with zero attached hydrogens (tertiary/aromatic N) is 1. The van der Waals surface area contributed by atoms with Crippen molar-refractivity contribution in [2.24, 2.45) is 0 Å². The molecular formula is C25H27ClN2O2. The largest absolute Gasteiger partial charge is 0.478 e. The van der Waals surface area contributed by atoms with Gasteiger partial charge in [0.15, 0.2) is 5.60 Å². The summed E-state index contributed by atoms with van der Waals surface area (Å²) in [5, 5.41) is 3.88. The predicted octanol–water partition coefficient (Wildman–Crippen LogP) is 5.42. The summed E-state index contributed by atoms with van der Waals surface area (Å²) >= 11 is 6.04. The summed E-state index contributed by atoms with van der Waals surface area (Å²) in [5.41, 5.74) is 1.33. The van der Waals surface area contributed by atoms with E-state index >= 15 is 0 Å². The van der Waals surface area contributed by atoms with Gasteiger partial charge in [-0.3, -0.25) is 9.78 Å². The summed E-state index contributed by atoms with van der Waals surface area (Å²) in [6, 6.07) is 21.5. The lowest BCUT2D eigenvalue weighted by Gasteiger charge is -2.31. The van der Waals surface area contributed by atoms with Gasteiger partial charge in [0.2, 0.25) is 0 Å². The second-order valence-electron chi connectivity index (χ2n) is 7.91. The number of hydrogen-bond donors (Lipinski definition) is 1. The molecule has 1 N–H and O–H groups in total. The summed E-state index contributed by atoms with van der Waals surface area (Å²) in [7, 11) is 0. The number of carbonyl (C=O) groups excluding carboxylic acids is 1. The Morgan fingerprint density at radius 3 is 2.30 bits per heavy atom. The van der Waals surface area contributed by atoms with E-state index in [9.17, 15) is 4.79 Å². The molecule has 2 aromatic carbocycles. The molecule has 1 heterocycles. The second-order valence-corrected chi connectivity index (χ2v) is 8.34. The van der Waals surface area contributed by atoms with Gasteiger partial charge in [0.05, 0.1) is 0 Å². The topological polar surface area (TPSA) is 51.2 Å². The minimum absolute atomic E-state index is 0.101. The lowest BCUT2D eigenvalue weighted by Crippen LogP contribution is -2.51. The van der Waals surface area contributed by atoms with E-state index in [1.807, 2.05) is 49.4 Å². The van der Waals surface area contributed by atoms with Gasteiger partial charge < -0.3 is 10.1 Å². The van der Waals surface area contributed by atoms with Crippen LogP contribution in [0.15, 0.2) is 79.1 Å². The molecule has 3 rings (SSSR count). The van der Waals surface area contributed by atoms with Crippen molar-refractivity contribution in [1.82, 2.24) is 10.3 Å². The molecular weight excluding hydrogens is 396 g/mol. The third kappa shape index (κ3) is 5.83. The Morgan fingerprint density at radius 2 is 1.67 bits per heavy atom. The minimum Gasteiger partial charge on any atom is -0.478 e. The maximum Gasteiger partial charge on any atom is 0.263 e. The van der Waals surface area contributed by atoms with Gasteiger partial charge in [-0.05, 0) is 62.6 Å². The number of aromatic nitrogens is 1. The highest BCUT2D eigenvalue weighted by Gasteiger charge is 2.32. The van der Waals surface area contributed by atoms with Crippen LogP contribution in [-0.2, 0) is 11.2 Å². The Bertz CT molecular complexity index is 944. The molecule has 1 amide bonds. The van der Waals surface area contributed by atoms with Gasteiger partial charge >= 0.3 is 0 Å². The quantitative estimate of drug-likeness (QED) is 0.527. The van der Waals surface area contributed by atoms with Gasteiger partial charge in [-0.15, -0.1) is 0 Å². The number of benzene rings is 2. The zero-order chi connectivity index (χ0) is 21.6. The molecule has 30 heavy (non-hydrogen) atoms. The molecule has 0 aliphatic carbocycles. The Morgan fingerprint density at radius 1 is 1.03 bits per heavy atom. The van der Waals surface area contributed by atoms with Gasteiger partial charge in [0.25, 0.3) is 5.91 Å². The van der Waals surface area contributed by atoms with Crippen molar-refractivity contribution < 1.29 is 9.53 Å². The molecule has 0 saturated carbocycles. The standard InChI is InChI=1S/C25H27ClN2O2/c1-18(28-24(29)25(2,3)30-22-13-15-27-16-14-22)23(20-7-5-4-6-8-20)17-19-9-11-21(26)12-10-19/h4-16,18,23H,17H2,1-3H3,(H,28,29)/t18-,23-/m0/s1. The average molecular weight is 423 g/mol. The Kier molecular flexibility index (Phi) is 7.11. The molecule has 0 spiro atoms. The number of hydrogen-bond acceptors (Lipinski definition) is 3. The van der Waals surface area contributed by atoms with Crippen LogP contribution in [0.25, 0.3) is 0 Å². The van der Waals surface area contributed by atoms with Crippen LogP contribution in [0, 0.1) is 0 Å². The highest BCUT2D eigenvalue weighted by Crippen LogP contribution is 2.26. The fraction of sp³-hybridized carbons (Fsp3) is 0.280. The van der Waals surface area contributed by atoms with Crippen LogP contribution in [0.4, 0.5) is 0 Å². The van der Waals surface area contributed by atoms with Crippen molar-refractivity contribution >= 4 is 17.5 Å². The average Bonchev–Trinajstić information content (AvgIpc) is 2.74. The summed E-state index contributed by atoms with van der Waals surface area (Å²) in [4.78, 5) is 17.0. The van der Waals surface area contributed by atoms with E-state index in [1.54, 1.807) is 38.4 Å². The van der Waals surface area contributed by atoms with E-state index in [0.717, 1.165) is 6.42 Å². The summed E-state index contributed by atoms with van der Waals surface area (Å²) in [6.45, 7) is 5.58. The smallest absolute Gasteiger partial charge is 0.263 e. The SMILES string of the molecule is C[C@H](NC(=O)C(C)(C)Oc1ccncc1)[C@H](Cc1ccc(Cl)cc1)c1ccccc1. The molecule has 2 atom stereocenters. The molecule has 0 aliphatic rings. The fourth-order valence-electron chi connectivity index (χ4n) is 3.39. The lowest BCUT2D eigenvalue weighted by molar-refractivity contribution is -0.135. The molecule has 156 valence electrons. The number of pyridine rings is 1. The molecule has 0 saturated heterocycles. The highest BCUT2D eigenvalue weighted by atomic mass is 35.5. The summed E-state index contributed by atoms with van der Waals surface area (Å²) in [5.74, 6) is 0.551. The number of rotatable bonds is 8. The van der Waals surface area contributed by atoms with Gasteiger partial charge in [0.1, 0.15) is 5.75 Å². The van der Waals surface area contributed by atoms with E-state index < -0.39 is 5.60 Å². The van der Waals surface area contributed by atoms with Crippen LogP contribution in [0.2, 0.25) is 5.02 Å². The molecule has 0 unspecified atom stereocenters. The molecule has 0 fully saturated rings. The molecule has 5 heteroatoms. The van der Waals surface area contributed by atoms with Crippen LogP contribution < -0.4 is 10.1 Å². The molecule has 1 aromatic heterocycles. The van der Waals surface area contributed by atoms with E-state index in [-0.39, 0.29) is 17.9 Å². The van der Waals surface area contributed by atoms with Crippen molar-refractivity contribution in [3.05, 3.63) is 95.3 Å². The van der Waals surface area contributed by atoms with Crippen molar-refractivity contribution in [2.75, 3.05) is 0 Å². The van der Waals surface area contributed by atoms with Gasteiger partial charge in [0, 0.05) is 29.4 Å². The van der Waals surface area contributed by atoms with Gasteiger partial charge in [-0.2, -0.15) is 0 Å². The first-order valence-electron chi connectivity index (χ1n) is 10.0. The first kappa shape index (κ1) is 21.8. The van der Waals surface area contributed by atoms with Crippen LogP contribution in [0.1, 0.15) is 37.8 Å². The molecule has 4 nitrogen and oxygen atoms in total. The van der Waals surface area contributed by atoms with Crippen molar-refractivity contribution in [3.63, 3.8) is 0 Å². The van der Waals surface area contributed by atoms with Crippen molar-refractivity contribution in [2.45, 2.75) is 44.8 Å². The first-order chi connectivity index (χ1) is 14.3. The first-order valence-corrected chi connectivity index (χ1v) is 10.4. The third-order valence-corrected chi connectivity index (χ3v) is 5.38. The maximum atomic E-state index is 13.0. The maximum absolute atomic E-state index is 13.0. The summed E-state index contributed by atoms with van der Waals surface area (Å²) < 4.78 is 5.91. The Hall–Kier alpha value is -2.85. The fourth-order valence-corrected chi connectivity index (χ4v) is 3.51. The number of carbonyl (C=O) groups is 1. The highest BCUT2D eigenvalue weighted by molar-refractivity contribution is 6.30. The Balaban J connectivity index is 1.76. The van der Waals surface area contributed by atoms with Crippen LogP contribution in [0.5, 0.6) is 5.75 Å². The lowest BCUT2D eigenvalue weighted by atomic mass is 9.86. The monoisotopic (exact) mass is 422 g/mol. The molecule has 3 aromatic rings. The second kappa shape index (κ2) is 9.77. The number of ether oxygens (including phenoxy) is 1. The van der Waals surface area contributed by atoms with Crippen LogP contribution in [-0.4, -0.2) is 22.5 Å². The zero-order valence-electron chi connectivity index (χ0n) is 17.5. The van der Waals surface area contributed by atoms with Crippen molar-refractivity contribution in [1.29, 1.82) is 0 Å². The molecule has 0 bridgehead atoms. The minimum atomic E-state index is -1.02. The Labute approximate surface area is 183 Å². The van der Waals surface area contributed by atoms with Crippen LogP contribution in [0.3, 0.4) is 0 Å². The number of nitrogens with one attached hydrogen (secondary N) is 1. The summed E-state index contributed by atoms with van der Waals surface area (Å²) in [6.07, 6.45) is 4.07. The van der Waals surface area contributed by atoms with Crippen LogP contribution >= 0.6 is 11.6 Å².